The average molecular weight is 349 g/mol. The van der Waals surface area contributed by atoms with Crippen LogP contribution < -0.4 is 5.32 Å². The molecule has 6 nitrogen and oxygen atoms in total. The van der Waals surface area contributed by atoms with Crippen LogP contribution in [0.2, 0.25) is 0 Å². The summed E-state index contributed by atoms with van der Waals surface area (Å²) in [4.78, 5) is 13.3. The zero-order chi connectivity index (χ0) is 16.4. The van der Waals surface area contributed by atoms with Crippen LogP contribution in [0.4, 0.5) is 17.5 Å². The molecule has 3 rings (SSSR count). The van der Waals surface area contributed by atoms with Crippen LogP contribution in [-0.2, 0) is 9.73 Å². The van der Waals surface area contributed by atoms with Gasteiger partial charge in [-0.25, -0.2) is 19.2 Å². The smallest absolute Gasteiger partial charge is 0.189 e. The summed E-state index contributed by atoms with van der Waals surface area (Å²) >= 11 is 1.51. The Morgan fingerprint density at radius 2 is 2.09 bits per heavy atom. The second-order valence-corrected chi connectivity index (χ2v) is 9.03. The molecule has 0 aromatic carbocycles. The van der Waals surface area contributed by atoms with Crippen LogP contribution in [-0.4, -0.2) is 37.9 Å². The van der Waals surface area contributed by atoms with E-state index in [4.69, 9.17) is 0 Å². The van der Waals surface area contributed by atoms with Crippen molar-refractivity contribution in [1.82, 2.24) is 15.0 Å². The molecule has 1 aliphatic rings. The molecule has 122 valence electrons. The molecule has 2 aromatic rings. The molecule has 0 bridgehead atoms. The minimum atomic E-state index is -2.23. The Balaban J connectivity index is 1.93. The molecule has 2 heterocycles. The van der Waals surface area contributed by atoms with Crippen molar-refractivity contribution in [3.05, 3.63) is 30.0 Å². The third-order valence-electron chi connectivity index (χ3n) is 3.29. The van der Waals surface area contributed by atoms with Gasteiger partial charge in [0.25, 0.3) is 0 Å². The van der Waals surface area contributed by atoms with Gasteiger partial charge in [0.15, 0.2) is 11.0 Å². The van der Waals surface area contributed by atoms with E-state index in [0.29, 0.717) is 17.6 Å². The van der Waals surface area contributed by atoms with E-state index in [1.165, 1.54) is 24.6 Å². The van der Waals surface area contributed by atoms with Gasteiger partial charge in [0.2, 0.25) is 0 Å². The minimum absolute atomic E-state index is 0.456. The summed E-state index contributed by atoms with van der Waals surface area (Å²) in [6, 6.07) is 5.43. The lowest BCUT2D eigenvalue weighted by molar-refractivity contribution is 0.684. The van der Waals surface area contributed by atoms with Crippen molar-refractivity contribution < 1.29 is 4.21 Å². The first-order valence-electron chi connectivity index (χ1n) is 7.27. The molecular formula is C15H19N5OS2. The van der Waals surface area contributed by atoms with Gasteiger partial charge < -0.3 is 5.32 Å². The molecule has 1 saturated carbocycles. The third-order valence-corrected chi connectivity index (χ3v) is 4.48. The molecule has 23 heavy (non-hydrogen) atoms. The minimum Gasteiger partial charge on any atom is -0.325 e. The van der Waals surface area contributed by atoms with Gasteiger partial charge in [-0.1, -0.05) is 17.8 Å². The van der Waals surface area contributed by atoms with Gasteiger partial charge >= 0.3 is 0 Å². The molecule has 0 spiro atoms. The van der Waals surface area contributed by atoms with Crippen molar-refractivity contribution >= 4 is 38.9 Å². The predicted octanol–water partition coefficient (Wildman–Crippen LogP) is 3.57. The topological polar surface area (TPSA) is 80.1 Å². The van der Waals surface area contributed by atoms with Crippen LogP contribution >= 0.6 is 11.8 Å². The van der Waals surface area contributed by atoms with E-state index in [1.54, 1.807) is 18.6 Å². The third kappa shape index (κ3) is 4.42. The first-order chi connectivity index (χ1) is 10.9. The van der Waals surface area contributed by atoms with E-state index in [-0.39, 0.29) is 0 Å². The van der Waals surface area contributed by atoms with Crippen LogP contribution in [0.25, 0.3) is 0 Å². The number of thioether (sulfide) groups is 1. The fourth-order valence-electron chi connectivity index (χ4n) is 2.16. The number of hydrogen-bond donors (Lipinski definition) is 1. The number of hydrogen-bond acceptors (Lipinski definition) is 7. The van der Waals surface area contributed by atoms with Crippen molar-refractivity contribution in [2.45, 2.75) is 23.9 Å². The Kier molecular flexibility index (Phi) is 4.54. The van der Waals surface area contributed by atoms with Crippen molar-refractivity contribution in [2.24, 2.45) is 4.36 Å². The van der Waals surface area contributed by atoms with Gasteiger partial charge in [-0.3, -0.25) is 0 Å². The second-order valence-electron chi connectivity index (χ2n) is 5.71. The molecule has 0 aliphatic heterocycles. The molecule has 0 radical (unpaired) electrons. The van der Waals surface area contributed by atoms with Crippen LogP contribution in [0.5, 0.6) is 0 Å². The van der Waals surface area contributed by atoms with Gasteiger partial charge in [0, 0.05) is 34.0 Å². The SMILES string of the molecule is CSc1ncc(C2CC2)c(Nc2cccc(N=S(C)(C)=O)n2)n1. The maximum Gasteiger partial charge on any atom is 0.189 e. The van der Waals surface area contributed by atoms with Crippen LogP contribution in [0, 0.1) is 0 Å². The lowest BCUT2D eigenvalue weighted by atomic mass is 10.2. The van der Waals surface area contributed by atoms with E-state index in [2.05, 4.69) is 24.6 Å². The quantitative estimate of drug-likeness (QED) is 0.656. The molecule has 0 amide bonds. The van der Waals surface area contributed by atoms with E-state index < -0.39 is 9.73 Å². The van der Waals surface area contributed by atoms with Crippen LogP contribution in [0.1, 0.15) is 24.3 Å². The van der Waals surface area contributed by atoms with E-state index >= 15 is 0 Å². The maximum atomic E-state index is 11.8. The first kappa shape index (κ1) is 16.2. The molecule has 2 aromatic heterocycles. The van der Waals surface area contributed by atoms with Crippen LogP contribution in [0.15, 0.2) is 33.9 Å². The first-order valence-corrected chi connectivity index (χ1v) is 10.8. The molecule has 0 atom stereocenters. The van der Waals surface area contributed by atoms with E-state index in [9.17, 15) is 4.21 Å². The molecule has 8 heteroatoms. The normalized spacial score (nSPS) is 14.6. The number of rotatable bonds is 5. The molecule has 1 fully saturated rings. The number of nitrogens with zero attached hydrogens (tertiary/aromatic N) is 4. The summed E-state index contributed by atoms with van der Waals surface area (Å²) in [6.45, 7) is 0. The lowest BCUT2D eigenvalue weighted by Gasteiger charge is -2.11. The largest absolute Gasteiger partial charge is 0.325 e. The standard InChI is InChI=1S/C15H19N5OS2/c1-22-15-16-9-11(10-7-8-10)14(19-15)18-12-5-4-6-13(17-12)20-23(2,3)21/h4-6,9-10H,7-8H2,1-3H3,(H,16,17,18,19). The van der Waals surface area contributed by atoms with Crippen molar-refractivity contribution in [1.29, 1.82) is 0 Å². The van der Waals surface area contributed by atoms with Crippen LogP contribution in [0.3, 0.4) is 0 Å². The summed E-state index contributed by atoms with van der Waals surface area (Å²) in [6.07, 6.45) is 9.38. The Labute approximate surface area is 140 Å². The summed E-state index contributed by atoms with van der Waals surface area (Å²) in [5.41, 5.74) is 1.13. The van der Waals surface area contributed by atoms with Crippen molar-refractivity contribution in [3.8, 4) is 0 Å². The summed E-state index contributed by atoms with van der Waals surface area (Å²) in [7, 11) is -2.23. The van der Waals surface area contributed by atoms with Crippen molar-refractivity contribution in [3.63, 3.8) is 0 Å². The number of pyridine rings is 1. The van der Waals surface area contributed by atoms with Crippen molar-refractivity contribution in [2.75, 3.05) is 24.1 Å². The Hall–Kier alpha value is -1.67. The fourth-order valence-corrected chi connectivity index (χ4v) is 3.05. The molecule has 0 unspecified atom stereocenters. The highest BCUT2D eigenvalue weighted by Gasteiger charge is 2.27. The predicted molar refractivity (Wildman–Crippen MR) is 95.4 cm³/mol. The van der Waals surface area contributed by atoms with Gasteiger partial charge in [-0.2, -0.15) is 4.36 Å². The Morgan fingerprint density at radius 3 is 2.74 bits per heavy atom. The zero-order valence-corrected chi connectivity index (χ0v) is 14.9. The summed E-state index contributed by atoms with van der Waals surface area (Å²) in [5.74, 6) is 2.43. The Bertz CT molecular complexity index is 834. The van der Waals surface area contributed by atoms with Gasteiger partial charge in [-0.15, -0.1) is 0 Å². The van der Waals surface area contributed by atoms with E-state index in [0.717, 1.165) is 16.5 Å². The highest BCUT2D eigenvalue weighted by molar-refractivity contribution is 7.98. The molecule has 1 N–H and O–H groups in total. The van der Waals surface area contributed by atoms with Gasteiger partial charge in [0.05, 0.1) is 0 Å². The fraction of sp³-hybridized carbons (Fsp3) is 0.400. The number of nitrogens with one attached hydrogen (secondary N) is 1. The highest BCUT2D eigenvalue weighted by atomic mass is 32.2. The number of anilines is 2. The van der Waals surface area contributed by atoms with Gasteiger partial charge in [0.1, 0.15) is 11.6 Å². The van der Waals surface area contributed by atoms with E-state index in [1.807, 2.05) is 24.6 Å². The summed E-state index contributed by atoms with van der Waals surface area (Å²) < 4.78 is 15.9. The maximum absolute atomic E-state index is 11.8. The highest BCUT2D eigenvalue weighted by Crippen LogP contribution is 2.43. The molecular weight excluding hydrogens is 330 g/mol. The number of aromatic nitrogens is 3. The monoisotopic (exact) mass is 349 g/mol. The summed E-state index contributed by atoms with van der Waals surface area (Å²) in [5, 5.41) is 3.99. The second kappa shape index (κ2) is 6.45. The zero-order valence-electron chi connectivity index (χ0n) is 13.3. The van der Waals surface area contributed by atoms with Gasteiger partial charge in [-0.05, 0) is 37.1 Å². The average Bonchev–Trinajstić information content (AvgIpc) is 3.30. The molecule has 1 aliphatic carbocycles. The Morgan fingerprint density at radius 1 is 1.30 bits per heavy atom. The lowest BCUT2D eigenvalue weighted by Crippen LogP contribution is -2.02. The molecule has 0 saturated heterocycles.